The van der Waals surface area contributed by atoms with Gasteiger partial charge in [0.2, 0.25) is 0 Å². The summed E-state index contributed by atoms with van der Waals surface area (Å²) in [6.45, 7) is 1.30. The van der Waals surface area contributed by atoms with E-state index in [0.29, 0.717) is 31.9 Å². The maximum atomic E-state index is 13.2. The number of likely N-dealkylation sites (tertiary alicyclic amines) is 1. The minimum atomic E-state index is -4.71. The van der Waals surface area contributed by atoms with Crippen LogP contribution in [0.5, 0.6) is 11.5 Å². The highest BCUT2D eigenvalue weighted by atomic mass is 19.4. The molecule has 7 nitrogen and oxygen atoms in total. The summed E-state index contributed by atoms with van der Waals surface area (Å²) in [6.07, 6.45) is -2.18. The molecule has 1 aromatic carbocycles. The van der Waals surface area contributed by atoms with Crippen LogP contribution in [0.25, 0.3) is 0 Å². The van der Waals surface area contributed by atoms with Gasteiger partial charge in [-0.25, -0.2) is 0 Å². The number of pyridine rings is 1. The summed E-state index contributed by atoms with van der Waals surface area (Å²) >= 11 is 0. The maximum Gasteiger partial charge on any atom is 0.522 e. The highest BCUT2D eigenvalue weighted by Crippen LogP contribution is 2.43. The molecule has 178 valence electrons. The zero-order valence-corrected chi connectivity index (χ0v) is 18.1. The summed E-state index contributed by atoms with van der Waals surface area (Å²) in [4.78, 5) is 19.6. The van der Waals surface area contributed by atoms with E-state index in [9.17, 15) is 18.0 Å². The van der Waals surface area contributed by atoms with E-state index in [1.807, 2.05) is 18.2 Å². The Kier molecular flexibility index (Phi) is 6.76. The molecular weight excluding hydrogens is 441 g/mol. The first-order valence-electron chi connectivity index (χ1n) is 10.6. The number of benzene rings is 1. The van der Waals surface area contributed by atoms with Crippen LogP contribution in [0, 0.1) is 5.92 Å². The van der Waals surface area contributed by atoms with Crippen molar-refractivity contribution in [1.82, 2.24) is 9.88 Å². The number of hydrogen-bond donors (Lipinski definition) is 0. The van der Waals surface area contributed by atoms with Crippen LogP contribution in [0.2, 0.25) is 0 Å². The Morgan fingerprint density at radius 1 is 1.24 bits per heavy atom. The molecule has 2 saturated heterocycles. The van der Waals surface area contributed by atoms with E-state index >= 15 is 0 Å². The lowest BCUT2D eigenvalue weighted by molar-refractivity contribution is -0.325. The fourth-order valence-electron chi connectivity index (χ4n) is 4.52. The van der Waals surface area contributed by atoms with E-state index in [0.717, 1.165) is 12.1 Å². The molecule has 1 amide bonds. The first kappa shape index (κ1) is 23.3. The molecular formula is C23H25F3N2O5. The number of ether oxygens (including phenoxy) is 4. The minimum Gasteiger partial charge on any atom is -0.493 e. The van der Waals surface area contributed by atoms with Crippen LogP contribution in [0.3, 0.4) is 0 Å². The number of piperidine rings is 1. The molecule has 2 atom stereocenters. The van der Waals surface area contributed by atoms with Crippen molar-refractivity contribution in [2.45, 2.75) is 18.2 Å². The Morgan fingerprint density at radius 3 is 2.82 bits per heavy atom. The fraction of sp³-hybridized carbons (Fsp3) is 0.478. The van der Waals surface area contributed by atoms with Gasteiger partial charge in [-0.3, -0.25) is 14.5 Å². The molecule has 1 unspecified atom stereocenters. The van der Waals surface area contributed by atoms with Crippen LogP contribution >= 0.6 is 0 Å². The van der Waals surface area contributed by atoms with E-state index < -0.39 is 13.0 Å². The zero-order chi connectivity index (χ0) is 23.5. The van der Waals surface area contributed by atoms with Crippen LogP contribution in [-0.4, -0.2) is 68.8 Å². The van der Waals surface area contributed by atoms with Gasteiger partial charge in [-0.15, -0.1) is 13.2 Å². The van der Waals surface area contributed by atoms with Crippen molar-refractivity contribution in [3.05, 3.63) is 53.9 Å². The predicted molar refractivity (Wildman–Crippen MR) is 111 cm³/mol. The van der Waals surface area contributed by atoms with Crippen molar-refractivity contribution >= 4 is 5.91 Å². The van der Waals surface area contributed by atoms with E-state index in [1.165, 1.54) is 19.2 Å². The smallest absolute Gasteiger partial charge is 0.493 e. The first-order chi connectivity index (χ1) is 15.8. The van der Waals surface area contributed by atoms with Crippen LogP contribution in [-0.2, 0) is 14.9 Å². The molecule has 2 aromatic rings. The first-order valence-corrected chi connectivity index (χ1v) is 10.6. The number of nitrogens with zero attached hydrogens (tertiary/aromatic N) is 2. The summed E-state index contributed by atoms with van der Waals surface area (Å²) in [5.41, 5.74) is 1.22. The van der Waals surface area contributed by atoms with E-state index in [2.05, 4.69) is 9.72 Å². The number of methoxy groups -OCH3 is 1. The molecule has 2 fully saturated rings. The van der Waals surface area contributed by atoms with Gasteiger partial charge < -0.3 is 19.1 Å². The summed E-state index contributed by atoms with van der Waals surface area (Å²) < 4.78 is 56.4. The number of rotatable bonds is 7. The van der Waals surface area contributed by atoms with E-state index in [4.69, 9.17) is 14.2 Å². The molecule has 10 heteroatoms. The van der Waals surface area contributed by atoms with Gasteiger partial charge in [-0.2, -0.15) is 0 Å². The molecule has 0 bridgehead atoms. The fourth-order valence-corrected chi connectivity index (χ4v) is 4.52. The van der Waals surface area contributed by atoms with Gasteiger partial charge in [0.05, 0.1) is 26.9 Å². The summed E-state index contributed by atoms with van der Waals surface area (Å²) in [7, 11) is 1.40. The summed E-state index contributed by atoms with van der Waals surface area (Å²) in [5, 5.41) is 0. The number of carbonyl (C=O) groups excluding carboxylic acids is 1. The Labute approximate surface area is 189 Å². The van der Waals surface area contributed by atoms with Crippen LogP contribution in [0.15, 0.2) is 42.6 Å². The van der Waals surface area contributed by atoms with Crippen molar-refractivity contribution < 1.29 is 36.9 Å². The van der Waals surface area contributed by atoms with Crippen LogP contribution < -0.4 is 9.47 Å². The molecule has 0 spiro atoms. The highest BCUT2D eigenvalue weighted by Gasteiger charge is 2.50. The van der Waals surface area contributed by atoms with Crippen molar-refractivity contribution in [3.63, 3.8) is 0 Å². The van der Waals surface area contributed by atoms with Crippen LogP contribution in [0.4, 0.5) is 13.2 Å². The summed E-state index contributed by atoms with van der Waals surface area (Å²) in [6, 6.07) is 10.5. The number of halogens is 3. The van der Waals surface area contributed by atoms with Gasteiger partial charge in [0.1, 0.15) is 6.61 Å². The molecule has 0 saturated carbocycles. The van der Waals surface area contributed by atoms with Gasteiger partial charge in [-0.1, -0.05) is 6.07 Å². The standard InChI is InChI=1S/C23H25F3N2O5/c1-30-19-12-16(5-6-18(19)32-10-11-33-23(24,25)26)21(29)28-9-7-22(15-31-14-17(22)13-28)20-4-2-3-8-27-20/h2-6,8,12,17H,7,9-11,13-15H2,1H3/t17?,22-/m1/s1. The van der Waals surface area contributed by atoms with Crippen molar-refractivity contribution in [2.24, 2.45) is 5.92 Å². The second-order valence-corrected chi connectivity index (χ2v) is 8.09. The molecule has 33 heavy (non-hydrogen) atoms. The maximum absolute atomic E-state index is 13.2. The average Bonchev–Trinajstić information content (AvgIpc) is 3.26. The number of hydrogen-bond acceptors (Lipinski definition) is 6. The Balaban J connectivity index is 1.42. The third kappa shape index (κ3) is 5.06. The lowest BCUT2D eigenvalue weighted by Crippen LogP contribution is -2.51. The predicted octanol–water partition coefficient (Wildman–Crippen LogP) is 3.44. The molecule has 0 radical (unpaired) electrons. The Morgan fingerprint density at radius 2 is 2.09 bits per heavy atom. The van der Waals surface area contributed by atoms with Crippen molar-refractivity contribution in [3.8, 4) is 11.5 Å². The largest absolute Gasteiger partial charge is 0.522 e. The second-order valence-electron chi connectivity index (χ2n) is 8.09. The SMILES string of the molecule is COc1cc(C(=O)N2CC[C@@]3(c4ccccn4)COCC3C2)ccc1OCCOC(F)(F)F. The molecule has 4 rings (SSSR count). The average molecular weight is 466 g/mol. The third-order valence-electron chi connectivity index (χ3n) is 6.21. The lowest BCUT2D eigenvalue weighted by Gasteiger charge is -2.42. The highest BCUT2D eigenvalue weighted by molar-refractivity contribution is 5.95. The quantitative estimate of drug-likeness (QED) is 0.583. The van der Waals surface area contributed by atoms with Gasteiger partial charge in [0.15, 0.2) is 11.5 Å². The number of amides is 1. The van der Waals surface area contributed by atoms with Gasteiger partial charge in [0.25, 0.3) is 5.91 Å². The second kappa shape index (κ2) is 9.56. The monoisotopic (exact) mass is 466 g/mol. The Hall–Kier alpha value is -2.85. The van der Waals surface area contributed by atoms with E-state index in [-0.39, 0.29) is 35.3 Å². The number of fused-ring (bicyclic) bond motifs is 1. The Bertz CT molecular complexity index is 972. The number of alkyl halides is 3. The minimum absolute atomic E-state index is 0.142. The topological polar surface area (TPSA) is 70.1 Å². The van der Waals surface area contributed by atoms with Gasteiger partial charge in [0, 0.05) is 41.9 Å². The number of carbonyl (C=O) groups is 1. The molecule has 3 heterocycles. The van der Waals surface area contributed by atoms with Gasteiger partial charge >= 0.3 is 6.36 Å². The van der Waals surface area contributed by atoms with Crippen molar-refractivity contribution in [2.75, 3.05) is 46.6 Å². The normalized spacial score (nSPS) is 22.7. The summed E-state index contributed by atoms with van der Waals surface area (Å²) in [5.74, 6) is 0.485. The van der Waals surface area contributed by atoms with E-state index in [1.54, 1.807) is 17.2 Å². The molecule has 2 aliphatic rings. The third-order valence-corrected chi connectivity index (χ3v) is 6.21. The molecule has 0 N–H and O–H groups in total. The number of aromatic nitrogens is 1. The molecule has 2 aliphatic heterocycles. The lowest BCUT2D eigenvalue weighted by atomic mass is 9.70. The van der Waals surface area contributed by atoms with Gasteiger partial charge in [-0.05, 0) is 36.8 Å². The molecule has 0 aliphatic carbocycles. The molecule has 1 aromatic heterocycles. The zero-order valence-electron chi connectivity index (χ0n) is 18.1. The van der Waals surface area contributed by atoms with Crippen molar-refractivity contribution in [1.29, 1.82) is 0 Å². The van der Waals surface area contributed by atoms with Crippen LogP contribution in [0.1, 0.15) is 22.5 Å².